The molecule has 0 saturated carbocycles. The first-order valence-electron chi connectivity index (χ1n) is 9.79. The summed E-state index contributed by atoms with van der Waals surface area (Å²) < 4.78 is 6.28. The van der Waals surface area contributed by atoms with Gasteiger partial charge >= 0.3 is 5.97 Å². The zero-order valence-electron chi connectivity index (χ0n) is 16.8. The Morgan fingerprint density at radius 2 is 1.97 bits per heavy atom. The van der Waals surface area contributed by atoms with E-state index in [4.69, 9.17) is 10.6 Å². The molecule has 3 rings (SSSR count). The van der Waals surface area contributed by atoms with Gasteiger partial charge in [-0.1, -0.05) is 54.2 Å². The van der Waals surface area contributed by atoms with E-state index in [9.17, 15) is 9.59 Å². The van der Waals surface area contributed by atoms with E-state index in [-0.39, 0.29) is 24.1 Å². The van der Waals surface area contributed by atoms with Crippen molar-refractivity contribution >= 4 is 34.4 Å². The number of esters is 1. The zero-order valence-corrected chi connectivity index (χ0v) is 17.7. The lowest BCUT2D eigenvalue weighted by Gasteiger charge is -2.07. The lowest BCUT2D eigenvalue weighted by molar-refractivity contribution is -0.143. The average Bonchev–Trinajstić information content (AvgIpc) is 3.09. The first-order valence-corrected chi connectivity index (χ1v) is 10.8. The van der Waals surface area contributed by atoms with Gasteiger partial charge in [0.2, 0.25) is 11.1 Å². The molecule has 158 valence electrons. The molecular formula is C21H25N5O3S. The van der Waals surface area contributed by atoms with Crippen molar-refractivity contribution in [2.45, 2.75) is 31.3 Å². The fourth-order valence-corrected chi connectivity index (χ4v) is 3.72. The largest absolute Gasteiger partial charge is 0.466 e. The first kappa shape index (κ1) is 21.6. The van der Waals surface area contributed by atoms with E-state index >= 15 is 0 Å². The van der Waals surface area contributed by atoms with Gasteiger partial charge in [-0.3, -0.25) is 9.59 Å². The number of rotatable bonds is 10. The topological polar surface area (TPSA) is 112 Å². The minimum absolute atomic E-state index is 0.150. The predicted molar refractivity (Wildman–Crippen MR) is 117 cm³/mol. The van der Waals surface area contributed by atoms with Crippen LogP contribution in [0.1, 0.15) is 31.2 Å². The van der Waals surface area contributed by atoms with E-state index in [1.54, 1.807) is 6.92 Å². The molecule has 1 heterocycles. The van der Waals surface area contributed by atoms with Crippen molar-refractivity contribution in [3.05, 3.63) is 53.9 Å². The molecule has 9 heteroatoms. The Morgan fingerprint density at radius 1 is 1.17 bits per heavy atom. The van der Waals surface area contributed by atoms with Gasteiger partial charge in [0.05, 0.1) is 12.4 Å². The number of nitrogens with zero attached hydrogens (tertiary/aromatic N) is 3. The molecule has 0 atom stereocenters. The van der Waals surface area contributed by atoms with Crippen LogP contribution in [-0.4, -0.2) is 45.7 Å². The number of amides is 1. The van der Waals surface area contributed by atoms with Crippen molar-refractivity contribution < 1.29 is 14.3 Å². The Kier molecular flexibility index (Phi) is 7.67. The highest BCUT2D eigenvalue weighted by Gasteiger charge is 2.14. The highest BCUT2D eigenvalue weighted by atomic mass is 32.2. The number of carbonyl (C=O) groups is 2. The first-order chi connectivity index (χ1) is 14.6. The Hall–Kier alpha value is -3.07. The highest BCUT2D eigenvalue weighted by molar-refractivity contribution is 7.99. The third-order valence-corrected chi connectivity index (χ3v) is 5.42. The van der Waals surface area contributed by atoms with Crippen LogP contribution in [0.3, 0.4) is 0 Å². The Bertz CT molecular complexity index is 1020. The van der Waals surface area contributed by atoms with Crippen LogP contribution >= 0.6 is 11.8 Å². The minimum atomic E-state index is -0.254. The van der Waals surface area contributed by atoms with Crippen LogP contribution in [0.5, 0.6) is 0 Å². The van der Waals surface area contributed by atoms with Crippen LogP contribution in [0.25, 0.3) is 10.8 Å². The van der Waals surface area contributed by atoms with Gasteiger partial charge in [-0.15, -0.1) is 10.2 Å². The van der Waals surface area contributed by atoms with E-state index in [1.807, 2.05) is 24.3 Å². The van der Waals surface area contributed by atoms with Crippen LogP contribution < -0.4 is 11.2 Å². The molecule has 0 aliphatic rings. The van der Waals surface area contributed by atoms with E-state index in [2.05, 4.69) is 33.7 Å². The summed E-state index contributed by atoms with van der Waals surface area (Å²) in [4.78, 5) is 23.3. The fourth-order valence-electron chi connectivity index (χ4n) is 3.02. The number of hydrogen-bond donors (Lipinski definition) is 2. The van der Waals surface area contributed by atoms with Crippen LogP contribution in [0, 0.1) is 0 Å². The van der Waals surface area contributed by atoms with Crippen LogP contribution in [0.15, 0.2) is 47.6 Å². The molecule has 30 heavy (non-hydrogen) atoms. The van der Waals surface area contributed by atoms with E-state index < -0.39 is 0 Å². The maximum Gasteiger partial charge on any atom is 0.305 e. The van der Waals surface area contributed by atoms with Crippen LogP contribution in [-0.2, 0) is 20.7 Å². The molecule has 0 unspecified atom stereocenters. The molecular weight excluding hydrogens is 402 g/mol. The standard InChI is InChI=1S/C21H25N5O3S/c1-2-29-20(28)11-6-12-23-19(27)14-30-21-25-24-18(26(21)22)13-16-9-5-8-15-7-3-4-10-17(15)16/h3-5,7-10H,2,6,11-14,22H2,1H3,(H,23,27). The summed E-state index contributed by atoms with van der Waals surface area (Å²) in [5.41, 5.74) is 1.11. The molecule has 1 aromatic heterocycles. The van der Waals surface area contributed by atoms with Crippen molar-refractivity contribution in [2.24, 2.45) is 0 Å². The number of benzene rings is 2. The Morgan fingerprint density at radius 3 is 2.80 bits per heavy atom. The van der Waals surface area contributed by atoms with Gasteiger partial charge in [0.15, 0.2) is 5.82 Å². The molecule has 1 amide bonds. The average molecular weight is 428 g/mol. The Labute approximate surface area is 179 Å². The van der Waals surface area contributed by atoms with Gasteiger partial charge in [0.25, 0.3) is 0 Å². The number of fused-ring (bicyclic) bond motifs is 1. The fraction of sp³-hybridized carbons (Fsp3) is 0.333. The molecule has 0 spiro atoms. The third kappa shape index (κ3) is 5.73. The predicted octanol–water partition coefficient (Wildman–Crippen LogP) is 2.29. The molecule has 0 saturated heterocycles. The van der Waals surface area contributed by atoms with Crippen molar-refractivity contribution in [3.8, 4) is 0 Å². The second-order valence-electron chi connectivity index (χ2n) is 6.63. The zero-order chi connectivity index (χ0) is 21.3. The second-order valence-corrected chi connectivity index (χ2v) is 7.57. The summed E-state index contributed by atoms with van der Waals surface area (Å²) in [6.45, 7) is 2.55. The second kappa shape index (κ2) is 10.6. The monoisotopic (exact) mass is 427 g/mol. The summed E-state index contributed by atoms with van der Waals surface area (Å²) in [7, 11) is 0. The molecule has 0 radical (unpaired) electrons. The molecule has 0 aliphatic heterocycles. The van der Waals surface area contributed by atoms with Gasteiger partial charge in [0, 0.05) is 19.4 Å². The molecule has 3 N–H and O–H groups in total. The van der Waals surface area contributed by atoms with Gasteiger partial charge in [-0.25, -0.2) is 4.68 Å². The van der Waals surface area contributed by atoms with Gasteiger partial charge in [-0.2, -0.15) is 0 Å². The van der Waals surface area contributed by atoms with Crippen LogP contribution in [0.4, 0.5) is 0 Å². The smallest absolute Gasteiger partial charge is 0.305 e. The number of nitrogens with one attached hydrogen (secondary N) is 1. The number of hydrogen-bond acceptors (Lipinski definition) is 7. The molecule has 0 aliphatic carbocycles. The summed E-state index contributed by atoms with van der Waals surface area (Å²) >= 11 is 1.22. The maximum atomic E-state index is 12.0. The molecule has 0 fully saturated rings. The van der Waals surface area contributed by atoms with Crippen molar-refractivity contribution in [1.29, 1.82) is 0 Å². The number of ether oxygens (including phenoxy) is 1. The summed E-state index contributed by atoms with van der Waals surface area (Å²) in [6.07, 6.45) is 1.37. The number of carbonyl (C=O) groups excluding carboxylic acids is 2. The number of aromatic nitrogens is 3. The van der Waals surface area contributed by atoms with E-state index in [1.165, 1.54) is 16.4 Å². The lowest BCUT2D eigenvalue weighted by atomic mass is 10.0. The number of thioether (sulfide) groups is 1. The van der Waals surface area contributed by atoms with E-state index in [0.29, 0.717) is 37.0 Å². The quantitative estimate of drug-likeness (QED) is 0.221. The normalized spacial score (nSPS) is 10.8. The van der Waals surface area contributed by atoms with E-state index in [0.717, 1.165) is 16.3 Å². The minimum Gasteiger partial charge on any atom is -0.466 e. The molecule has 0 bridgehead atoms. The van der Waals surface area contributed by atoms with Crippen molar-refractivity contribution in [2.75, 3.05) is 24.7 Å². The Balaban J connectivity index is 1.50. The highest BCUT2D eigenvalue weighted by Crippen LogP contribution is 2.22. The molecule has 8 nitrogen and oxygen atoms in total. The maximum absolute atomic E-state index is 12.0. The third-order valence-electron chi connectivity index (χ3n) is 4.48. The van der Waals surface area contributed by atoms with Crippen molar-refractivity contribution in [3.63, 3.8) is 0 Å². The van der Waals surface area contributed by atoms with Crippen LogP contribution in [0.2, 0.25) is 0 Å². The molecule has 2 aromatic carbocycles. The number of nitrogens with two attached hydrogens (primary N) is 1. The SMILES string of the molecule is CCOC(=O)CCCNC(=O)CSc1nnc(Cc2cccc3ccccc23)n1N. The van der Waals surface area contributed by atoms with Crippen molar-refractivity contribution in [1.82, 2.24) is 20.2 Å². The summed E-state index contributed by atoms with van der Waals surface area (Å²) in [5.74, 6) is 6.55. The van der Waals surface area contributed by atoms with Gasteiger partial charge < -0.3 is 15.9 Å². The summed E-state index contributed by atoms with van der Waals surface area (Å²) in [5, 5.41) is 13.9. The van der Waals surface area contributed by atoms with Gasteiger partial charge in [-0.05, 0) is 29.7 Å². The van der Waals surface area contributed by atoms with Gasteiger partial charge in [0.1, 0.15) is 0 Å². The summed E-state index contributed by atoms with van der Waals surface area (Å²) in [6, 6.07) is 14.3. The molecule has 3 aromatic rings. The lowest BCUT2D eigenvalue weighted by Crippen LogP contribution is -2.27. The number of nitrogen functional groups attached to an aromatic ring is 1.